The lowest BCUT2D eigenvalue weighted by atomic mass is 10.1. The van der Waals surface area contributed by atoms with Crippen LogP contribution in [0, 0.1) is 13.8 Å². The summed E-state index contributed by atoms with van der Waals surface area (Å²) in [5, 5.41) is 15.3. The highest BCUT2D eigenvalue weighted by molar-refractivity contribution is 5.91. The van der Waals surface area contributed by atoms with Gasteiger partial charge in [0.25, 0.3) is 0 Å². The quantitative estimate of drug-likeness (QED) is 0.767. The Balaban J connectivity index is 1.57. The summed E-state index contributed by atoms with van der Waals surface area (Å²) >= 11 is 0. The van der Waals surface area contributed by atoms with E-state index in [4.69, 9.17) is 4.52 Å². The van der Waals surface area contributed by atoms with Crippen LogP contribution >= 0.6 is 0 Å². The Morgan fingerprint density at radius 3 is 2.89 bits per heavy atom. The van der Waals surface area contributed by atoms with Crippen molar-refractivity contribution in [3.8, 4) is 11.4 Å². The highest BCUT2D eigenvalue weighted by atomic mass is 16.5. The summed E-state index contributed by atoms with van der Waals surface area (Å²) in [6.45, 7) is 4.53. The van der Waals surface area contributed by atoms with Gasteiger partial charge in [-0.1, -0.05) is 17.3 Å². The van der Waals surface area contributed by atoms with E-state index in [2.05, 4.69) is 20.7 Å². The number of nitrogens with zero attached hydrogens (tertiary/aromatic N) is 5. The Morgan fingerprint density at radius 1 is 1.33 bits per heavy atom. The summed E-state index contributed by atoms with van der Waals surface area (Å²) in [5.74, 6) is 1.52. The fraction of sp³-hybridized carbons (Fsp3) is 0.368. The third kappa shape index (κ3) is 3.18. The Morgan fingerprint density at radius 2 is 2.19 bits per heavy atom. The van der Waals surface area contributed by atoms with Gasteiger partial charge >= 0.3 is 6.03 Å². The maximum absolute atomic E-state index is 12.9. The van der Waals surface area contributed by atoms with Crippen LogP contribution in [0.25, 0.3) is 11.4 Å². The fourth-order valence-electron chi connectivity index (χ4n) is 3.59. The number of urea groups is 1. The number of anilines is 1. The number of rotatable bonds is 3. The van der Waals surface area contributed by atoms with Crippen molar-refractivity contribution >= 4 is 11.7 Å². The van der Waals surface area contributed by atoms with E-state index in [1.165, 1.54) is 0 Å². The zero-order chi connectivity index (χ0) is 19.0. The van der Waals surface area contributed by atoms with Crippen LogP contribution in [0.2, 0.25) is 0 Å². The Bertz CT molecular complexity index is 976. The van der Waals surface area contributed by atoms with E-state index < -0.39 is 0 Å². The zero-order valence-corrected chi connectivity index (χ0v) is 15.6. The number of amides is 2. The monoisotopic (exact) mass is 366 g/mol. The largest absolute Gasteiger partial charge is 0.361 e. The molecule has 0 saturated carbocycles. The molecule has 140 valence electrons. The maximum Gasteiger partial charge on any atom is 0.322 e. The van der Waals surface area contributed by atoms with Gasteiger partial charge in [0.15, 0.2) is 5.82 Å². The molecule has 1 saturated heterocycles. The van der Waals surface area contributed by atoms with E-state index in [0.717, 1.165) is 46.9 Å². The number of benzene rings is 1. The van der Waals surface area contributed by atoms with Crippen molar-refractivity contribution < 1.29 is 9.32 Å². The zero-order valence-electron chi connectivity index (χ0n) is 15.6. The minimum Gasteiger partial charge on any atom is -0.361 e. The van der Waals surface area contributed by atoms with E-state index in [1.807, 2.05) is 54.6 Å². The molecule has 8 heteroatoms. The molecule has 3 aromatic rings. The predicted octanol–water partition coefficient (Wildman–Crippen LogP) is 3.46. The molecule has 1 atom stereocenters. The number of carbonyl (C=O) groups excluding carboxylic acids is 1. The number of hydrogen-bond acceptors (Lipinski definition) is 5. The number of likely N-dealkylation sites (tertiary alicyclic amines) is 1. The van der Waals surface area contributed by atoms with Crippen molar-refractivity contribution in [3.63, 3.8) is 0 Å². The molecule has 8 nitrogen and oxygen atoms in total. The third-order valence-electron chi connectivity index (χ3n) is 5.03. The second-order valence-electron chi connectivity index (χ2n) is 6.89. The van der Waals surface area contributed by atoms with Gasteiger partial charge in [-0.25, -0.2) is 4.79 Å². The summed E-state index contributed by atoms with van der Waals surface area (Å²) < 4.78 is 7.05. The van der Waals surface area contributed by atoms with Gasteiger partial charge in [0.05, 0.1) is 6.04 Å². The lowest BCUT2D eigenvalue weighted by molar-refractivity contribution is 0.204. The first kappa shape index (κ1) is 17.3. The number of nitrogens with one attached hydrogen (secondary N) is 1. The van der Waals surface area contributed by atoms with Crippen LogP contribution in [0.5, 0.6) is 0 Å². The summed E-state index contributed by atoms with van der Waals surface area (Å²) in [7, 11) is 1.90. The number of aryl methyl sites for hydroxylation is 2. The smallest absolute Gasteiger partial charge is 0.322 e. The molecule has 1 aliphatic rings. The van der Waals surface area contributed by atoms with E-state index in [0.29, 0.717) is 6.54 Å². The van der Waals surface area contributed by atoms with Crippen LogP contribution in [-0.4, -0.2) is 37.4 Å². The molecule has 1 fully saturated rings. The molecule has 3 heterocycles. The van der Waals surface area contributed by atoms with Crippen LogP contribution in [0.4, 0.5) is 10.5 Å². The molecule has 1 unspecified atom stereocenters. The molecule has 2 aromatic heterocycles. The minimum atomic E-state index is -0.128. The summed E-state index contributed by atoms with van der Waals surface area (Å²) in [6.07, 6.45) is 3.49. The Kier molecular flexibility index (Phi) is 4.39. The molecule has 1 aromatic carbocycles. The topological polar surface area (TPSA) is 89.1 Å². The van der Waals surface area contributed by atoms with Crippen molar-refractivity contribution in [2.24, 2.45) is 7.05 Å². The number of aromatic nitrogens is 4. The normalized spacial score (nSPS) is 16.7. The van der Waals surface area contributed by atoms with Gasteiger partial charge in [-0.2, -0.15) is 0 Å². The lowest BCUT2D eigenvalue weighted by Gasteiger charge is -2.24. The molecule has 0 bridgehead atoms. The van der Waals surface area contributed by atoms with Crippen molar-refractivity contribution in [2.75, 3.05) is 11.9 Å². The summed E-state index contributed by atoms with van der Waals surface area (Å²) in [6, 6.07) is 7.51. The van der Waals surface area contributed by atoms with Gasteiger partial charge in [-0.3, -0.25) is 0 Å². The molecular weight excluding hydrogens is 344 g/mol. The van der Waals surface area contributed by atoms with Gasteiger partial charge in [0.2, 0.25) is 0 Å². The molecule has 2 amide bonds. The van der Waals surface area contributed by atoms with Gasteiger partial charge in [0.1, 0.15) is 17.8 Å². The molecule has 4 rings (SSSR count). The second kappa shape index (κ2) is 6.86. The van der Waals surface area contributed by atoms with E-state index in [-0.39, 0.29) is 12.1 Å². The maximum atomic E-state index is 12.9. The molecule has 27 heavy (non-hydrogen) atoms. The van der Waals surface area contributed by atoms with Crippen LogP contribution < -0.4 is 5.32 Å². The van der Waals surface area contributed by atoms with Gasteiger partial charge in [0, 0.05) is 30.9 Å². The van der Waals surface area contributed by atoms with Crippen LogP contribution in [0.3, 0.4) is 0 Å². The number of carbonyl (C=O) groups is 1. The van der Waals surface area contributed by atoms with Crippen molar-refractivity contribution in [2.45, 2.75) is 32.7 Å². The van der Waals surface area contributed by atoms with Gasteiger partial charge in [-0.15, -0.1) is 10.2 Å². The van der Waals surface area contributed by atoms with Crippen LogP contribution in [-0.2, 0) is 7.05 Å². The second-order valence-corrected chi connectivity index (χ2v) is 6.89. The number of hydrogen-bond donors (Lipinski definition) is 1. The molecule has 0 spiro atoms. The van der Waals surface area contributed by atoms with E-state index in [1.54, 1.807) is 6.33 Å². The van der Waals surface area contributed by atoms with Crippen LogP contribution in [0.15, 0.2) is 35.1 Å². The molecule has 1 aliphatic heterocycles. The average molecular weight is 366 g/mol. The molecule has 1 N–H and O–H groups in total. The van der Waals surface area contributed by atoms with Crippen molar-refractivity contribution in [1.29, 1.82) is 0 Å². The Hall–Kier alpha value is -3.16. The highest BCUT2D eigenvalue weighted by Gasteiger charge is 2.32. The standard InChI is InChI=1S/C19H22N6O2/c1-12-10-16(23-27-12)17-8-5-9-25(17)19(26)21-15-7-4-6-14(13(15)2)18-22-20-11-24(18)3/h4,6-7,10-11,17H,5,8-9H2,1-3H3,(H,21,26). The van der Waals surface area contributed by atoms with E-state index in [9.17, 15) is 4.79 Å². The van der Waals surface area contributed by atoms with Crippen LogP contribution in [0.1, 0.15) is 35.9 Å². The third-order valence-corrected chi connectivity index (χ3v) is 5.03. The lowest BCUT2D eigenvalue weighted by Crippen LogP contribution is -2.34. The minimum absolute atomic E-state index is 0.0512. The first-order chi connectivity index (χ1) is 13.0. The Labute approximate surface area is 157 Å². The van der Waals surface area contributed by atoms with Crippen molar-refractivity contribution in [1.82, 2.24) is 24.8 Å². The van der Waals surface area contributed by atoms with E-state index >= 15 is 0 Å². The van der Waals surface area contributed by atoms with Crippen molar-refractivity contribution in [3.05, 3.63) is 47.6 Å². The van der Waals surface area contributed by atoms with Gasteiger partial charge in [-0.05, 0) is 38.3 Å². The highest BCUT2D eigenvalue weighted by Crippen LogP contribution is 2.33. The first-order valence-electron chi connectivity index (χ1n) is 8.99. The molecule has 0 radical (unpaired) electrons. The summed E-state index contributed by atoms with van der Waals surface area (Å²) in [5.41, 5.74) is 3.47. The first-order valence-corrected chi connectivity index (χ1v) is 8.99. The average Bonchev–Trinajstić information content (AvgIpc) is 3.37. The van der Waals surface area contributed by atoms with Gasteiger partial charge < -0.3 is 19.3 Å². The molecular formula is C19H22N6O2. The fourth-order valence-corrected chi connectivity index (χ4v) is 3.59. The predicted molar refractivity (Wildman–Crippen MR) is 100 cm³/mol. The SMILES string of the molecule is Cc1cc(C2CCCN2C(=O)Nc2cccc(-c3nncn3C)c2C)no1. The molecule has 0 aliphatic carbocycles. The summed E-state index contributed by atoms with van der Waals surface area (Å²) in [4.78, 5) is 14.8.